The minimum atomic E-state index is -0.989. The van der Waals surface area contributed by atoms with Gasteiger partial charge in [-0.3, -0.25) is 4.79 Å². The number of carbonyl (C=O) groups is 1. The number of amides is 1. The molecule has 1 aromatic heterocycles. The molecule has 2 aromatic carbocycles. The van der Waals surface area contributed by atoms with Gasteiger partial charge in [0, 0.05) is 30.0 Å². The molecule has 1 fully saturated rings. The third-order valence-corrected chi connectivity index (χ3v) is 7.20. The molecule has 1 saturated heterocycles. The van der Waals surface area contributed by atoms with E-state index in [1.54, 1.807) is 42.5 Å². The summed E-state index contributed by atoms with van der Waals surface area (Å²) in [5, 5.41) is 39.4. The summed E-state index contributed by atoms with van der Waals surface area (Å²) in [6.45, 7) is 1.09. The van der Waals surface area contributed by atoms with E-state index in [0.717, 1.165) is 31.5 Å². The van der Waals surface area contributed by atoms with Crippen molar-refractivity contribution in [2.24, 2.45) is 5.73 Å². The molecule has 0 unspecified atom stereocenters. The van der Waals surface area contributed by atoms with Gasteiger partial charge in [-0.15, -0.1) is 11.8 Å². The van der Waals surface area contributed by atoms with E-state index in [-0.39, 0.29) is 6.61 Å². The number of hydrogen-bond donors (Lipinski definition) is 3. The van der Waals surface area contributed by atoms with Gasteiger partial charge in [-0.1, -0.05) is 24.3 Å². The fourth-order valence-corrected chi connectivity index (χ4v) is 5.17. The largest absolute Gasteiger partial charge is 0.491 e. The third-order valence-electron chi connectivity index (χ3n) is 6.16. The van der Waals surface area contributed by atoms with Crippen LogP contribution >= 0.6 is 11.8 Å². The van der Waals surface area contributed by atoms with Crippen molar-refractivity contribution >= 4 is 23.5 Å². The Morgan fingerprint density at radius 2 is 1.84 bits per heavy atom. The molecule has 1 aliphatic heterocycles. The lowest BCUT2D eigenvalue weighted by molar-refractivity contribution is 0.0536. The van der Waals surface area contributed by atoms with Crippen molar-refractivity contribution in [3.8, 4) is 29.0 Å². The Balaban J connectivity index is 1.75. The molecule has 1 aliphatic rings. The number of ether oxygens (including phenoxy) is 1. The SMILES string of the molecule is N#Cc1c(SCc2cccc(C(N)=O)c2)nc(N2CCCC2)c(C#N)c1-c1ccc(OC[C@@H](O)CO)cc1. The van der Waals surface area contributed by atoms with Gasteiger partial charge in [0.25, 0.3) is 0 Å². The molecular weight excluding hydrogens is 502 g/mol. The first-order chi connectivity index (χ1) is 18.4. The summed E-state index contributed by atoms with van der Waals surface area (Å²) in [4.78, 5) is 18.5. The molecule has 0 saturated carbocycles. The number of primary amides is 1. The Hall–Kier alpha value is -4.09. The van der Waals surface area contributed by atoms with Crippen molar-refractivity contribution in [3.05, 3.63) is 70.8 Å². The zero-order valence-corrected chi connectivity index (χ0v) is 21.4. The number of nitrogens with zero attached hydrogens (tertiary/aromatic N) is 4. The molecule has 0 radical (unpaired) electrons. The van der Waals surface area contributed by atoms with E-state index in [1.807, 2.05) is 6.07 Å². The molecule has 4 rings (SSSR count). The highest BCUT2D eigenvalue weighted by Crippen LogP contribution is 2.39. The van der Waals surface area contributed by atoms with Crippen LogP contribution in [-0.4, -0.2) is 53.5 Å². The molecule has 194 valence electrons. The van der Waals surface area contributed by atoms with E-state index in [0.29, 0.717) is 50.2 Å². The average Bonchev–Trinajstić information content (AvgIpc) is 3.49. The molecule has 0 aliphatic carbocycles. The lowest BCUT2D eigenvalue weighted by Gasteiger charge is -2.22. The predicted molar refractivity (Wildman–Crippen MR) is 144 cm³/mol. The quantitative estimate of drug-likeness (QED) is 0.336. The van der Waals surface area contributed by atoms with Gasteiger partial charge in [0.15, 0.2) is 0 Å². The highest BCUT2D eigenvalue weighted by Gasteiger charge is 2.26. The smallest absolute Gasteiger partial charge is 0.248 e. The van der Waals surface area contributed by atoms with Crippen LogP contribution in [0.4, 0.5) is 5.82 Å². The van der Waals surface area contributed by atoms with Crippen molar-refractivity contribution in [2.45, 2.75) is 29.7 Å². The van der Waals surface area contributed by atoms with Crippen LogP contribution in [0.25, 0.3) is 11.1 Å². The summed E-state index contributed by atoms with van der Waals surface area (Å²) in [5.74, 6) is 0.978. The number of aliphatic hydroxyl groups excluding tert-OH is 2. The van der Waals surface area contributed by atoms with Crippen LogP contribution in [0.5, 0.6) is 5.75 Å². The van der Waals surface area contributed by atoms with E-state index >= 15 is 0 Å². The first kappa shape index (κ1) is 27.0. The van der Waals surface area contributed by atoms with Crippen LogP contribution in [0.1, 0.15) is 39.9 Å². The molecular formula is C28H27N5O4S. The number of aromatic nitrogens is 1. The molecule has 3 aromatic rings. The Labute approximate surface area is 225 Å². The number of carbonyl (C=O) groups excluding carboxylic acids is 1. The average molecular weight is 530 g/mol. The molecule has 10 heteroatoms. The highest BCUT2D eigenvalue weighted by molar-refractivity contribution is 7.98. The van der Waals surface area contributed by atoms with Crippen LogP contribution in [0, 0.1) is 22.7 Å². The summed E-state index contributed by atoms with van der Waals surface area (Å²) >= 11 is 1.37. The fourth-order valence-electron chi connectivity index (χ4n) is 4.24. The highest BCUT2D eigenvalue weighted by atomic mass is 32.2. The molecule has 38 heavy (non-hydrogen) atoms. The number of nitrogens with two attached hydrogens (primary N) is 1. The minimum absolute atomic E-state index is 0.0607. The summed E-state index contributed by atoms with van der Waals surface area (Å²) in [5.41, 5.74) is 8.49. The summed E-state index contributed by atoms with van der Waals surface area (Å²) in [6.07, 6.45) is 1.00. The second-order valence-corrected chi connectivity index (χ2v) is 9.77. The maximum absolute atomic E-state index is 11.6. The van der Waals surface area contributed by atoms with Crippen molar-refractivity contribution in [1.82, 2.24) is 4.98 Å². The second kappa shape index (κ2) is 12.4. The summed E-state index contributed by atoms with van der Waals surface area (Å²) in [6, 6.07) is 18.5. The van der Waals surface area contributed by atoms with Crippen LogP contribution < -0.4 is 15.4 Å². The Bertz CT molecular complexity index is 1390. The number of thioether (sulfide) groups is 1. The van der Waals surface area contributed by atoms with E-state index < -0.39 is 18.6 Å². The van der Waals surface area contributed by atoms with E-state index in [4.69, 9.17) is 20.6 Å². The van der Waals surface area contributed by atoms with Gasteiger partial charge in [0.05, 0.1) is 12.2 Å². The molecule has 9 nitrogen and oxygen atoms in total. The van der Waals surface area contributed by atoms with Gasteiger partial charge < -0.3 is 25.6 Å². The first-order valence-electron chi connectivity index (χ1n) is 12.1. The maximum Gasteiger partial charge on any atom is 0.248 e. The minimum Gasteiger partial charge on any atom is -0.491 e. The zero-order chi connectivity index (χ0) is 27.1. The predicted octanol–water partition coefficient (Wildman–Crippen LogP) is 3.22. The molecule has 4 N–H and O–H groups in total. The number of nitriles is 2. The van der Waals surface area contributed by atoms with Gasteiger partial charge >= 0.3 is 0 Å². The summed E-state index contributed by atoms with van der Waals surface area (Å²) in [7, 11) is 0. The van der Waals surface area contributed by atoms with Crippen LogP contribution in [0.3, 0.4) is 0 Å². The lowest BCUT2D eigenvalue weighted by atomic mass is 9.96. The molecule has 1 amide bonds. The fraction of sp³-hybridized carbons (Fsp3) is 0.286. The molecule has 2 heterocycles. The van der Waals surface area contributed by atoms with Crippen molar-refractivity contribution in [1.29, 1.82) is 10.5 Å². The monoisotopic (exact) mass is 529 g/mol. The number of aliphatic hydroxyl groups is 2. The maximum atomic E-state index is 11.6. The Kier molecular flexibility index (Phi) is 8.82. The van der Waals surface area contributed by atoms with Gasteiger partial charge in [-0.05, 0) is 48.2 Å². The van der Waals surface area contributed by atoms with Crippen LogP contribution in [0.2, 0.25) is 0 Å². The van der Waals surface area contributed by atoms with E-state index in [2.05, 4.69) is 17.0 Å². The number of pyridine rings is 1. The van der Waals surface area contributed by atoms with E-state index in [1.165, 1.54) is 11.8 Å². The first-order valence-corrected chi connectivity index (χ1v) is 13.1. The van der Waals surface area contributed by atoms with Crippen molar-refractivity contribution < 1.29 is 19.7 Å². The van der Waals surface area contributed by atoms with Gasteiger partial charge in [-0.25, -0.2) is 4.98 Å². The topological polar surface area (TPSA) is 156 Å². The molecule has 0 spiro atoms. The van der Waals surface area contributed by atoms with Gasteiger partial charge in [0.2, 0.25) is 5.91 Å². The Morgan fingerprint density at radius 1 is 1.13 bits per heavy atom. The normalized spacial score (nSPS) is 13.5. The van der Waals surface area contributed by atoms with E-state index in [9.17, 15) is 20.4 Å². The number of anilines is 1. The zero-order valence-electron chi connectivity index (χ0n) is 20.6. The lowest BCUT2D eigenvalue weighted by Crippen LogP contribution is -2.21. The Morgan fingerprint density at radius 3 is 2.47 bits per heavy atom. The van der Waals surface area contributed by atoms with Gasteiger partial charge in [0.1, 0.15) is 47.0 Å². The number of benzene rings is 2. The molecule has 1 atom stereocenters. The van der Waals surface area contributed by atoms with Crippen molar-refractivity contribution in [3.63, 3.8) is 0 Å². The summed E-state index contributed by atoms with van der Waals surface area (Å²) < 4.78 is 5.51. The standard InChI is InChI=1S/C28H27N5O4S/c29-13-23-25(19-6-8-22(9-7-19)37-16-21(35)15-34)24(14-30)28(32-27(23)33-10-1-2-11-33)38-17-18-4-3-5-20(12-18)26(31)36/h3-9,12,21,34-35H,1-2,10-11,15-17H2,(H2,31,36)/t21-/m0/s1. The molecule has 0 bridgehead atoms. The van der Waals surface area contributed by atoms with Gasteiger partial charge in [-0.2, -0.15) is 10.5 Å². The second-order valence-electron chi connectivity index (χ2n) is 8.81. The van der Waals surface area contributed by atoms with Crippen LogP contribution in [-0.2, 0) is 5.75 Å². The van der Waals surface area contributed by atoms with Crippen molar-refractivity contribution in [2.75, 3.05) is 31.2 Å². The van der Waals surface area contributed by atoms with Crippen LogP contribution in [0.15, 0.2) is 53.6 Å². The third kappa shape index (κ3) is 6.06. The number of hydrogen-bond acceptors (Lipinski definition) is 9. The number of rotatable bonds is 10.